The number of likely N-dealkylation sites (N-methyl/N-ethyl adjacent to an activating group) is 1. The van der Waals surface area contributed by atoms with Gasteiger partial charge in [0.15, 0.2) is 0 Å². The van der Waals surface area contributed by atoms with Gasteiger partial charge in [-0.1, -0.05) is 30.3 Å². The van der Waals surface area contributed by atoms with E-state index in [1.54, 1.807) is 6.20 Å². The van der Waals surface area contributed by atoms with Crippen molar-refractivity contribution in [1.82, 2.24) is 14.8 Å². The van der Waals surface area contributed by atoms with E-state index in [9.17, 15) is 4.79 Å². The van der Waals surface area contributed by atoms with Crippen molar-refractivity contribution in [2.75, 3.05) is 33.2 Å². The Morgan fingerprint density at radius 2 is 1.86 bits per heavy atom. The summed E-state index contributed by atoms with van der Waals surface area (Å²) in [5.74, 6) is 0.731. The number of hydrogen-bond acceptors (Lipinski definition) is 3. The molecule has 1 unspecified atom stereocenters. The van der Waals surface area contributed by atoms with Gasteiger partial charge in [-0.05, 0) is 68.7 Å². The van der Waals surface area contributed by atoms with Gasteiger partial charge in [0, 0.05) is 38.1 Å². The fourth-order valence-corrected chi connectivity index (χ4v) is 5.25. The summed E-state index contributed by atoms with van der Waals surface area (Å²) in [6, 6.07) is 12.9. The average Bonchev–Trinajstić information content (AvgIpc) is 2.68. The van der Waals surface area contributed by atoms with Gasteiger partial charge in [-0.3, -0.25) is 9.78 Å². The Kier molecular flexibility index (Phi) is 5.24. The standard InChI is InChI=1S/C24H31N3O/c1-18-13-19(2)25-15-22(18)23(28)27-11-9-24(10-12-27)14-21(16-26(3)17-24)20-7-5-4-6-8-20/h4-8,13,15,21H,9-12,14,16-17H2,1-3H3. The van der Waals surface area contributed by atoms with E-state index in [4.69, 9.17) is 0 Å². The third kappa shape index (κ3) is 3.83. The molecule has 28 heavy (non-hydrogen) atoms. The summed E-state index contributed by atoms with van der Waals surface area (Å²) in [7, 11) is 2.25. The van der Waals surface area contributed by atoms with Gasteiger partial charge >= 0.3 is 0 Å². The molecule has 1 aromatic carbocycles. The zero-order valence-corrected chi connectivity index (χ0v) is 17.3. The summed E-state index contributed by atoms with van der Waals surface area (Å²) < 4.78 is 0. The van der Waals surface area contributed by atoms with Crippen molar-refractivity contribution < 1.29 is 4.79 Å². The highest BCUT2D eigenvalue weighted by molar-refractivity contribution is 5.95. The van der Waals surface area contributed by atoms with Crippen molar-refractivity contribution in [2.45, 2.75) is 39.0 Å². The van der Waals surface area contributed by atoms with Gasteiger partial charge in [0.1, 0.15) is 0 Å². The first kappa shape index (κ1) is 19.1. The molecule has 4 nitrogen and oxygen atoms in total. The number of aromatic nitrogens is 1. The number of nitrogens with zero attached hydrogens (tertiary/aromatic N) is 3. The molecule has 2 aliphatic rings. The van der Waals surface area contributed by atoms with Crippen LogP contribution in [-0.2, 0) is 0 Å². The normalized spacial score (nSPS) is 22.4. The van der Waals surface area contributed by atoms with E-state index in [0.717, 1.165) is 55.8 Å². The molecule has 0 N–H and O–H groups in total. The monoisotopic (exact) mass is 377 g/mol. The van der Waals surface area contributed by atoms with Crippen molar-refractivity contribution in [3.05, 3.63) is 65.0 Å². The van der Waals surface area contributed by atoms with Crippen LogP contribution in [0.1, 0.15) is 52.4 Å². The maximum atomic E-state index is 13.0. The molecule has 2 aliphatic heterocycles. The molecule has 2 fully saturated rings. The van der Waals surface area contributed by atoms with E-state index in [0.29, 0.717) is 11.3 Å². The molecule has 2 saturated heterocycles. The number of rotatable bonds is 2. The van der Waals surface area contributed by atoms with Crippen LogP contribution in [0.3, 0.4) is 0 Å². The van der Waals surface area contributed by atoms with Crippen molar-refractivity contribution in [1.29, 1.82) is 0 Å². The van der Waals surface area contributed by atoms with Gasteiger partial charge in [-0.25, -0.2) is 0 Å². The lowest BCUT2D eigenvalue weighted by Crippen LogP contribution is -2.51. The van der Waals surface area contributed by atoms with Crippen molar-refractivity contribution in [2.24, 2.45) is 5.41 Å². The summed E-state index contributed by atoms with van der Waals surface area (Å²) in [6.07, 6.45) is 5.15. The minimum Gasteiger partial charge on any atom is -0.339 e. The summed E-state index contributed by atoms with van der Waals surface area (Å²) in [4.78, 5) is 21.9. The van der Waals surface area contributed by atoms with E-state index < -0.39 is 0 Å². The zero-order chi connectivity index (χ0) is 19.7. The number of piperidine rings is 2. The van der Waals surface area contributed by atoms with Crippen LogP contribution in [0.2, 0.25) is 0 Å². The molecule has 1 aromatic heterocycles. The van der Waals surface area contributed by atoms with Gasteiger partial charge in [-0.15, -0.1) is 0 Å². The van der Waals surface area contributed by atoms with E-state index in [1.165, 1.54) is 12.0 Å². The molecular weight excluding hydrogens is 346 g/mol. The van der Waals surface area contributed by atoms with Gasteiger partial charge in [0.2, 0.25) is 0 Å². The Morgan fingerprint density at radius 3 is 2.54 bits per heavy atom. The maximum absolute atomic E-state index is 13.0. The lowest BCUT2D eigenvalue weighted by molar-refractivity contribution is 0.0224. The van der Waals surface area contributed by atoms with Crippen molar-refractivity contribution in [3.63, 3.8) is 0 Å². The van der Waals surface area contributed by atoms with Crippen LogP contribution in [0.15, 0.2) is 42.6 Å². The lowest BCUT2D eigenvalue weighted by atomic mass is 9.68. The highest BCUT2D eigenvalue weighted by Crippen LogP contribution is 2.44. The largest absolute Gasteiger partial charge is 0.339 e. The first-order valence-electron chi connectivity index (χ1n) is 10.4. The molecule has 2 aromatic rings. The molecule has 3 heterocycles. The number of benzene rings is 1. The van der Waals surface area contributed by atoms with E-state index in [-0.39, 0.29) is 5.91 Å². The number of hydrogen-bond donors (Lipinski definition) is 0. The number of pyridine rings is 1. The minimum absolute atomic E-state index is 0.142. The molecule has 0 bridgehead atoms. The van der Waals surface area contributed by atoms with Gasteiger partial charge in [0.25, 0.3) is 5.91 Å². The number of carbonyl (C=O) groups is 1. The van der Waals surface area contributed by atoms with Crippen LogP contribution < -0.4 is 0 Å². The molecule has 4 rings (SSSR count). The Hall–Kier alpha value is -2.20. The smallest absolute Gasteiger partial charge is 0.255 e. The molecule has 0 saturated carbocycles. The molecule has 1 atom stereocenters. The predicted molar refractivity (Wildman–Crippen MR) is 113 cm³/mol. The van der Waals surface area contributed by atoms with Crippen molar-refractivity contribution in [3.8, 4) is 0 Å². The summed E-state index contributed by atoms with van der Waals surface area (Å²) in [5, 5.41) is 0. The Morgan fingerprint density at radius 1 is 1.14 bits per heavy atom. The van der Waals surface area contributed by atoms with Crippen molar-refractivity contribution >= 4 is 5.91 Å². The Balaban J connectivity index is 1.45. The predicted octanol–water partition coefficient (Wildman–Crippen LogP) is 4.04. The molecular formula is C24H31N3O. The lowest BCUT2D eigenvalue weighted by Gasteiger charge is -2.49. The number of carbonyl (C=O) groups excluding carboxylic acids is 1. The van der Waals surface area contributed by atoms with Gasteiger partial charge < -0.3 is 9.80 Å². The fourth-order valence-electron chi connectivity index (χ4n) is 5.25. The van der Waals surface area contributed by atoms with Crippen LogP contribution in [-0.4, -0.2) is 53.9 Å². The van der Waals surface area contributed by atoms with E-state index in [1.807, 2.05) is 24.8 Å². The number of likely N-dealkylation sites (tertiary alicyclic amines) is 2. The molecule has 148 valence electrons. The second kappa shape index (κ2) is 7.67. The molecule has 4 heteroatoms. The molecule has 0 aliphatic carbocycles. The minimum atomic E-state index is 0.142. The first-order valence-corrected chi connectivity index (χ1v) is 10.4. The topological polar surface area (TPSA) is 36.4 Å². The fraction of sp³-hybridized carbons (Fsp3) is 0.500. The van der Waals surface area contributed by atoms with Gasteiger partial charge in [-0.2, -0.15) is 0 Å². The zero-order valence-electron chi connectivity index (χ0n) is 17.3. The number of aryl methyl sites for hydroxylation is 2. The quantitative estimate of drug-likeness (QED) is 0.792. The Labute approximate surface area is 168 Å². The second-order valence-corrected chi connectivity index (χ2v) is 8.94. The summed E-state index contributed by atoms with van der Waals surface area (Å²) in [6.45, 7) is 7.94. The second-order valence-electron chi connectivity index (χ2n) is 8.94. The van der Waals surface area contributed by atoms with Gasteiger partial charge in [0.05, 0.1) is 5.56 Å². The molecule has 1 spiro atoms. The summed E-state index contributed by atoms with van der Waals surface area (Å²) in [5.41, 5.74) is 4.52. The third-order valence-corrected chi connectivity index (χ3v) is 6.68. The van der Waals surface area contributed by atoms with Crippen LogP contribution >= 0.6 is 0 Å². The maximum Gasteiger partial charge on any atom is 0.255 e. The molecule has 0 radical (unpaired) electrons. The molecule has 1 amide bonds. The number of amides is 1. The average molecular weight is 378 g/mol. The van der Waals surface area contributed by atoms with Crippen LogP contribution in [0, 0.1) is 19.3 Å². The van der Waals surface area contributed by atoms with Crippen LogP contribution in [0.5, 0.6) is 0 Å². The Bertz CT molecular complexity index is 840. The van der Waals surface area contributed by atoms with E-state index >= 15 is 0 Å². The highest BCUT2D eigenvalue weighted by atomic mass is 16.2. The first-order chi connectivity index (χ1) is 13.5. The van der Waals surface area contributed by atoms with Crippen LogP contribution in [0.4, 0.5) is 0 Å². The van der Waals surface area contributed by atoms with Crippen LogP contribution in [0.25, 0.3) is 0 Å². The summed E-state index contributed by atoms with van der Waals surface area (Å²) >= 11 is 0. The highest BCUT2D eigenvalue weighted by Gasteiger charge is 2.42. The third-order valence-electron chi connectivity index (χ3n) is 6.68. The van der Waals surface area contributed by atoms with E-state index in [2.05, 4.69) is 47.3 Å². The SMILES string of the molecule is Cc1cc(C)c(C(=O)N2CCC3(CC2)CC(c2ccccc2)CN(C)C3)cn1.